The van der Waals surface area contributed by atoms with Gasteiger partial charge >= 0.3 is 5.97 Å². The van der Waals surface area contributed by atoms with Crippen LogP contribution in [0.15, 0.2) is 42.5 Å². The zero-order valence-corrected chi connectivity index (χ0v) is 13.8. The molecule has 0 saturated carbocycles. The second-order valence-corrected chi connectivity index (χ2v) is 5.76. The molecular formula is C19H19NO5. The number of carbonyl (C=O) groups excluding carboxylic acids is 2. The van der Waals surface area contributed by atoms with E-state index in [-0.39, 0.29) is 36.5 Å². The predicted octanol–water partition coefficient (Wildman–Crippen LogP) is 2.93. The van der Waals surface area contributed by atoms with Crippen LogP contribution >= 0.6 is 0 Å². The number of phenols is 1. The Kier molecular flexibility index (Phi) is 5.89. The Labute approximate surface area is 145 Å². The Balaban J connectivity index is 1.94. The molecule has 6 nitrogen and oxygen atoms in total. The molecule has 0 aliphatic heterocycles. The molecule has 0 spiro atoms. The van der Waals surface area contributed by atoms with Crippen LogP contribution in [-0.4, -0.2) is 27.9 Å². The summed E-state index contributed by atoms with van der Waals surface area (Å²) < 4.78 is 0. The highest BCUT2D eigenvalue weighted by Crippen LogP contribution is 2.25. The van der Waals surface area contributed by atoms with Crippen molar-refractivity contribution in [3.63, 3.8) is 0 Å². The first kappa shape index (κ1) is 18.2. The van der Waals surface area contributed by atoms with Gasteiger partial charge in [-0.1, -0.05) is 35.9 Å². The Morgan fingerprint density at radius 1 is 1.00 bits per heavy atom. The number of carbonyl (C=O) groups is 3. The van der Waals surface area contributed by atoms with E-state index in [9.17, 15) is 19.5 Å². The van der Waals surface area contributed by atoms with E-state index in [4.69, 9.17) is 5.11 Å². The third-order valence-electron chi connectivity index (χ3n) is 3.64. The maximum absolute atomic E-state index is 12.1. The van der Waals surface area contributed by atoms with Gasteiger partial charge in [0.05, 0.1) is 12.1 Å². The minimum Gasteiger partial charge on any atom is -0.506 e. The van der Waals surface area contributed by atoms with E-state index in [0.717, 1.165) is 5.56 Å². The molecule has 0 bridgehead atoms. The molecule has 0 atom stereocenters. The standard InChI is InChI=1S/C19H19NO5/c1-12-2-5-14(6-3-12)16(21)8-9-18(23)20-15-10-13(11-19(24)25)4-7-17(15)22/h2-7,10,22H,8-9,11H2,1H3,(H,20,23)(H,24,25). The Hall–Kier alpha value is -3.15. The topological polar surface area (TPSA) is 104 Å². The van der Waals surface area contributed by atoms with Crippen molar-refractivity contribution in [2.75, 3.05) is 5.32 Å². The molecule has 0 aliphatic rings. The number of rotatable bonds is 7. The van der Waals surface area contributed by atoms with Crippen LogP contribution in [-0.2, 0) is 16.0 Å². The van der Waals surface area contributed by atoms with Crippen LogP contribution in [0.25, 0.3) is 0 Å². The van der Waals surface area contributed by atoms with E-state index in [1.165, 1.54) is 18.2 Å². The van der Waals surface area contributed by atoms with Crippen molar-refractivity contribution < 1.29 is 24.6 Å². The zero-order chi connectivity index (χ0) is 18.4. The zero-order valence-electron chi connectivity index (χ0n) is 13.8. The van der Waals surface area contributed by atoms with Gasteiger partial charge in [0.1, 0.15) is 5.75 Å². The molecule has 2 aromatic rings. The fraction of sp³-hybridized carbons (Fsp3) is 0.211. The van der Waals surface area contributed by atoms with Gasteiger partial charge < -0.3 is 15.5 Å². The SMILES string of the molecule is Cc1ccc(C(=O)CCC(=O)Nc2cc(CC(=O)O)ccc2O)cc1. The number of carboxylic acid groups (broad SMARTS) is 1. The fourth-order valence-electron chi connectivity index (χ4n) is 2.29. The van der Waals surface area contributed by atoms with Crippen LogP contribution in [0.5, 0.6) is 5.75 Å². The Morgan fingerprint density at radius 2 is 1.68 bits per heavy atom. The number of benzene rings is 2. The van der Waals surface area contributed by atoms with E-state index in [1.807, 2.05) is 19.1 Å². The van der Waals surface area contributed by atoms with E-state index in [2.05, 4.69) is 5.32 Å². The summed E-state index contributed by atoms with van der Waals surface area (Å²) in [6, 6.07) is 11.3. The molecule has 0 aliphatic carbocycles. The van der Waals surface area contributed by atoms with E-state index in [1.54, 1.807) is 12.1 Å². The lowest BCUT2D eigenvalue weighted by molar-refractivity contribution is -0.136. The van der Waals surface area contributed by atoms with E-state index in [0.29, 0.717) is 11.1 Å². The smallest absolute Gasteiger partial charge is 0.307 e. The Morgan fingerprint density at radius 3 is 2.32 bits per heavy atom. The number of hydrogen-bond donors (Lipinski definition) is 3. The third kappa shape index (κ3) is 5.46. The van der Waals surface area contributed by atoms with Crippen LogP contribution in [0.4, 0.5) is 5.69 Å². The summed E-state index contributed by atoms with van der Waals surface area (Å²) in [6.45, 7) is 1.92. The summed E-state index contributed by atoms with van der Waals surface area (Å²) >= 11 is 0. The molecule has 2 aromatic carbocycles. The van der Waals surface area contributed by atoms with Crippen LogP contribution in [0, 0.1) is 6.92 Å². The number of nitrogens with one attached hydrogen (secondary N) is 1. The lowest BCUT2D eigenvalue weighted by atomic mass is 10.0. The second kappa shape index (κ2) is 8.10. The Bertz CT molecular complexity index is 796. The molecule has 0 unspecified atom stereocenters. The number of ketones is 1. The van der Waals surface area contributed by atoms with Crippen LogP contribution < -0.4 is 5.32 Å². The molecule has 3 N–H and O–H groups in total. The normalized spacial score (nSPS) is 10.3. The molecule has 130 valence electrons. The first-order valence-electron chi connectivity index (χ1n) is 7.78. The minimum atomic E-state index is -1.01. The first-order chi connectivity index (χ1) is 11.8. The molecule has 25 heavy (non-hydrogen) atoms. The lowest BCUT2D eigenvalue weighted by Gasteiger charge is -2.09. The summed E-state index contributed by atoms with van der Waals surface area (Å²) in [5, 5.41) is 21.1. The number of aliphatic carboxylic acids is 1. The molecule has 0 fully saturated rings. The van der Waals surface area contributed by atoms with Gasteiger partial charge in [0.15, 0.2) is 5.78 Å². The molecule has 1 amide bonds. The van der Waals surface area contributed by atoms with Gasteiger partial charge in [-0.2, -0.15) is 0 Å². The van der Waals surface area contributed by atoms with E-state index >= 15 is 0 Å². The predicted molar refractivity (Wildman–Crippen MR) is 92.8 cm³/mol. The molecule has 2 rings (SSSR count). The summed E-state index contributed by atoms with van der Waals surface area (Å²) in [5.41, 5.74) is 2.18. The maximum atomic E-state index is 12.1. The number of phenolic OH excluding ortho intramolecular Hbond substituents is 1. The summed E-state index contributed by atoms with van der Waals surface area (Å²) in [4.78, 5) is 34.8. The van der Waals surface area contributed by atoms with Gasteiger partial charge in [0.25, 0.3) is 0 Å². The largest absolute Gasteiger partial charge is 0.506 e. The lowest BCUT2D eigenvalue weighted by Crippen LogP contribution is -2.14. The summed E-state index contributed by atoms with van der Waals surface area (Å²) in [6.07, 6.45) is -0.200. The molecule has 0 aromatic heterocycles. The van der Waals surface area contributed by atoms with Crippen molar-refractivity contribution in [2.45, 2.75) is 26.2 Å². The molecule has 0 saturated heterocycles. The van der Waals surface area contributed by atoms with Crippen LogP contribution in [0.1, 0.15) is 34.3 Å². The van der Waals surface area contributed by atoms with Crippen molar-refractivity contribution in [2.24, 2.45) is 0 Å². The molecule has 0 heterocycles. The number of hydrogen-bond acceptors (Lipinski definition) is 4. The maximum Gasteiger partial charge on any atom is 0.307 e. The average Bonchev–Trinajstić information content (AvgIpc) is 2.56. The van der Waals surface area contributed by atoms with Gasteiger partial charge in [-0.3, -0.25) is 14.4 Å². The summed E-state index contributed by atoms with van der Waals surface area (Å²) in [5.74, 6) is -1.73. The van der Waals surface area contributed by atoms with Crippen LogP contribution in [0.3, 0.4) is 0 Å². The van der Waals surface area contributed by atoms with Crippen molar-refractivity contribution in [3.05, 3.63) is 59.2 Å². The fourth-order valence-corrected chi connectivity index (χ4v) is 2.29. The van der Waals surface area contributed by atoms with Gasteiger partial charge in [0.2, 0.25) is 5.91 Å². The molecular weight excluding hydrogens is 322 g/mol. The van der Waals surface area contributed by atoms with Gasteiger partial charge in [0, 0.05) is 18.4 Å². The first-order valence-corrected chi connectivity index (χ1v) is 7.78. The molecule has 0 radical (unpaired) electrons. The van der Waals surface area contributed by atoms with Gasteiger partial charge in [-0.25, -0.2) is 0 Å². The minimum absolute atomic E-state index is 0.0324. The van der Waals surface area contributed by atoms with Crippen molar-refractivity contribution in [1.82, 2.24) is 0 Å². The van der Waals surface area contributed by atoms with Gasteiger partial charge in [-0.15, -0.1) is 0 Å². The number of anilines is 1. The third-order valence-corrected chi connectivity index (χ3v) is 3.64. The van der Waals surface area contributed by atoms with Crippen molar-refractivity contribution in [3.8, 4) is 5.75 Å². The van der Waals surface area contributed by atoms with Crippen molar-refractivity contribution >= 4 is 23.3 Å². The highest BCUT2D eigenvalue weighted by Gasteiger charge is 2.12. The highest BCUT2D eigenvalue weighted by atomic mass is 16.4. The second-order valence-electron chi connectivity index (χ2n) is 5.76. The van der Waals surface area contributed by atoms with Crippen molar-refractivity contribution in [1.29, 1.82) is 0 Å². The quantitative estimate of drug-likeness (QED) is 0.531. The van der Waals surface area contributed by atoms with Crippen LogP contribution in [0.2, 0.25) is 0 Å². The highest BCUT2D eigenvalue weighted by molar-refractivity contribution is 6.00. The number of aromatic hydroxyl groups is 1. The summed E-state index contributed by atoms with van der Waals surface area (Å²) in [7, 11) is 0. The number of Topliss-reactive ketones (excluding diaryl/α,β-unsaturated/α-hetero) is 1. The van der Waals surface area contributed by atoms with Gasteiger partial charge in [-0.05, 0) is 24.6 Å². The number of amides is 1. The van der Waals surface area contributed by atoms with E-state index < -0.39 is 11.9 Å². The number of carboxylic acids is 1. The average molecular weight is 341 g/mol. The number of aryl methyl sites for hydroxylation is 1. The monoisotopic (exact) mass is 341 g/mol. The molecule has 6 heteroatoms.